The van der Waals surface area contributed by atoms with Gasteiger partial charge in [-0.2, -0.15) is 0 Å². The number of aromatic nitrogens is 4. The second kappa shape index (κ2) is 4.94. The molecule has 6 heteroatoms. The van der Waals surface area contributed by atoms with Crippen LogP contribution in [0.25, 0.3) is 11.3 Å². The van der Waals surface area contributed by atoms with Gasteiger partial charge in [0, 0.05) is 18.9 Å². The molecular weight excluding hydrogens is 292 g/mol. The molecule has 1 aromatic carbocycles. The molecule has 0 spiro atoms. The molecule has 4 rings (SSSR count). The fraction of sp³-hybridized carbons (Fsp3) is 0.353. The quantitative estimate of drug-likeness (QED) is 0.739. The molecule has 0 bridgehead atoms. The highest BCUT2D eigenvalue weighted by Crippen LogP contribution is 2.29. The Balaban J connectivity index is 1.92. The van der Waals surface area contributed by atoms with Crippen LogP contribution in [0.5, 0.6) is 0 Å². The molecule has 118 valence electrons. The summed E-state index contributed by atoms with van der Waals surface area (Å²) in [6.45, 7) is 4.60. The first-order chi connectivity index (χ1) is 11.1. The highest BCUT2D eigenvalue weighted by molar-refractivity contribution is 5.47. The average molecular weight is 310 g/mol. The number of benzene rings is 1. The van der Waals surface area contributed by atoms with E-state index >= 15 is 0 Å². The third-order valence-electron chi connectivity index (χ3n) is 4.61. The van der Waals surface area contributed by atoms with E-state index in [1.54, 1.807) is 17.0 Å². The zero-order valence-corrected chi connectivity index (χ0v) is 13.2. The Bertz CT molecular complexity index is 1020. The van der Waals surface area contributed by atoms with Crippen molar-refractivity contribution in [1.82, 2.24) is 18.7 Å². The summed E-state index contributed by atoms with van der Waals surface area (Å²) in [6.07, 6.45) is 5.53. The van der Waals surface area contributed by atoms with E-state index in [0.717, 1.165) is 29.7 Å². The van der Waals surface area contributed by atoms with Crippen molar-refractivity contribution >= 4 is 5.65 Å². The molecule has 0 aliphatic heterocycles. The predicted molar refractivity (Wildman–Crippen MR) is 87.2 cm³/mol. The van der Waals surface area contributed by atoms with Crippen LogP contribution in [0.3, 0.4) is 0 Å². The van der Waals surface area contributed by atoms with Gasteiger partial charge in [0.2, 0.25) is 5.65 Å². The number of hydrogen-bond donors (Lipinski definition) is 0. The minimum atomic E-state index is -0.271. The maximum atomic E-state index is 12.8. The van der Waals surface area contributed by atoms with Gasteiger partial charge in [-0.25, -0.2) is 13.9 Å². The summed E-state index contributed by atoms with van der Waals surface area (Å²) in [6, 6.07) is 5.84. The molecule has 0 unspecified atom stereocenters. The van der Waals surface area contributed by atoms with Gasteiger partial charge in [-0.15, -0.1) is 5.10 Å². The number of rotatable bonds is 3. The van der Waals surface area contributed by atoms with Crippen molar-refractivity contribution in [1.29, 1.82) is 0 Å². The summed E-state index contributed by atoms with van der Waals surface area (Å²) in [5.74, 6) is 0.527. The molecule has 6 nitrogen and oxygen atoms in total. The normalized spacial score (nSPS) is 14.5. The highest BCUT2D eigenvalue weighted by atomic mass is 16.2. The monoisotopic (exact) mass is 310 g/mol. The lowest BCUT2D eigenvalue weighted by Gasteiger charge is -2.10. The molecule has 23 heavy (non-hydrogen) atoms. The lowest BCUT2D eigenvalue weighted by atomic mass is 10.1. The smallest absolute Gasteiger partial charge is 0.279 e. The van der Waals surface area contributed by atoms with Gasteiger partial charge in [0.25, 0.3) is 0 Å². The van der Waals surface area contributed by atoms with Crippen LogP contribution < -0.4 is 11.2 Å². The third-order valence-corrected chi connectivity index (χ3v) is 4.61. The average Bonchev–Trinajstić information content (AvgIpc) is 3.29. The molecular formula is C17H18N4O2. The van der Waals surface area contributed by atoms with Gasteiger partial charge in [0.15, 0.2) is 0 Å². The molecule has 0 N–H and O–H groups in total. The molecule has 2 heterocycles. The lowest BCUT2D eigenvalue weighted by molar-refractivity contribution is 0.545. The fourth-order valence-corrected chi connectivity index (χ4v) is 2.86. The van der Waals surface area contributed by atoms with Crippen molar-refractivity contribution in [3.05, 3.63) is 62.6 Å². The molecule has 1 fully saturated rings. The van der Waals surface area contributed by atoms with Gasteiger partial charge in [-0.3, -0.25) is 9.36 Å². The van der Waals surface area contributed by atoms with Gasteiger partial charge in [-0.05, 0) is 49.8 Å². The Kier molecular flexibility index (Phi) is 3.01. The van der Waals surface area contributed by atoms with Gasteiger partial charge < -0.3 is 0 Å². The van der Waals surface area contributed by atoms with E-state index in [9.17, 15) is 9.59 Å². The summed E-state index contributed by atoms with van der Waals surface area (Å²) < 4.78 is 4.32. The van der Waals surface area contributed by atoms with Crippen molar-refractivity contribution in [2.45, 2.75) is 33.2 Å². The topological polar surface area (TPSA) is 61.3 Å². The molecule has 0 radical (unpaired) electrons. The van der Waals surface area contributed by atoms with Gasteiger partial charge >= 0.3 is 11.2 Å². The van der Waals surface area contributed by atoms with Crippen LogP contribution in [0.1, 0.15) is 24.0 Å². The van der Waals surface area contributed by atoms with E-state index in [1.165, 1.54) is 9.08 Å². The highest BCUT2D eigenvalue weighted by Gasteiger charge is 2.24. The summed E-state index contributed by atoms with van der Waals surface area (Å²) in [5.41, 5.74) is 2.65. The van der Waals surface area contributed by atoms with Crippen molar-refractivity contribution < 1.29 is 0 Å². The lowest BCUT2D eigenvalue weighted by Crippen LogP contribution is -2.24. The standard InChI is InChI=1S/C17H18N4O2/c1-11-4-3-5-14(12(11)2)19-8-9-20-15(16(19)22)18-21(17(20)23)10-13-6-7-13/h3-5,8-9,13H,6-7,10H2,1-2H3. The Labute approximate surface area is 132 Å². The number of fused-ring (bicyclic) bond motifs is 1. The second-order valence-corrected chi connectivity index (χ2v) is 6.29. The number of nitrogens with zero attached hydrogens (tertiary/aromatic N) is 4. The molecule has 0 saturated heterocycles. The van der Waals surface area contributed by atoms with E-state index in [-0.39, 0.29) is 16.9 Å². The predicted octanol–water partition coefficient (Wildman–Crippen LogP) is 1.67. The van der Waals surface area contributed by atoms with Crippen LogP contribution in [-0.2, 0) is 6.54 Å². The van der Waals surface area contributed by atoms with E-state index in [0.29, 0.717) is 12.5 Å². The van der Waals surface area contributed by atoms with Crippen LogP contribution in [0.2, 0.25) is 0 Å². The first-order valence-electron chi connectivity index (χ1n) is 7.83. The van der Waals surface area contributed by atoms with Gasteiger partial charge in [0.1, 0.15) is 0 Å². The first-order valence-corrected chi connectivity index (χ1v) is 7.83. The van der Waals surface area contributed by atoms with Crippen LogP contribution in [0, 0.1) is 19.8 Å². The molecule has 1 aliphatic rings. The van der Waals surface area contributed by atoms with Crippen LogP contribution in [0.4, 0.5) is 0 Å². The van der Waals surface area contributed by atoms with Gasteiger partial charge in [0.05, 0.1) is 5.69 Å². The molecule has 1 saturated carbocycles. The number of hydrogen-bond acceptors (Lipinski definition) is 3. The van der Waals surface area contributed by atoms with Crippen LogP contribution >= 0.6 is 0 Å². The molecule has 1 aliphatic carbocycles. The van der Waals surface area contributed by atoms with E-state index in [1.807, 2.05) is 32.0 Å². The first kappa shape index (κ1) is 14.0. The van der Waals surface area contributed by atoms with Crippen molar-refractivity contribution in [2.75, 3.05) is 0 Å². The largest absolute Gasteiger partial charge is 0.350 e. The van der Waals surface area contributed by atoms with E-state index < -0.39 is 0 Å². The molecule has 0 amide bonds. The van der Waals surface area contributed by atoms with Crippen LogP contribution in [0.15, 0.2) is 40.2 Å². The Morgan fingerprint density at radius 3 is 2.70 bits per heavy atom. The summed E-state index contributed by atoms with van der Waals surface area (Å²) in [7, 11) is 0. The fourth-order valence-electron chi connectivity index (χ4n) is 2.86. The Hall–Kier alpha value is -2.63. The maximum absolute atomic E-state index is 12.8. The third kappa shape index (κ3) is 2.21. The summed E-state index contributed by atoms with van der Waals surface area (Å²) >= 11 is 0. The van der Waals surface area contributed by atoms with E-state index in [2.05, 4.69) is 5.10 Å². The molecule has 3 aromatic rings. The van der Waals surface area contributed by atoms with Crippen molar-refractivity contribution in [3.8, 4) is 5.69 Å². The second-order valence-electron chi connectivity index (χ2n) is 6.29. The Morgan fingerprint density at radius 2 is 1.96 bits per heavy atom. The minimum absolute atomic E-state index is 0.180. The maximum Gasteiger partial charge on any atom is 0.350 e. The zero-order chi connectivity index (χ0) is 16.1. The minimum Gasteiger partial charge on any atom is -0.279 e. The van der Waals surface area contributed by atoms with Crippen molar-refractivity contribution in [3.63, 3.8) is 0 Å². The van der Waals surface area contributed by atoms with Crippen LogP contribution in [-0.4, -0.2) is 18.7 Å². The van der Waals surface area contributed by atoms with E-state index in [4.69, 9.17) is 0 Å². The summed E-state index contributed by atoms with van der Waals surface area (Å²) in [4.78, 5) is 25.1. The zero-order valence-electron chi connectivity index (χ0n) is 13.2. The number of aryl methyl sites for hydroxylation is 1. The SMILES string of the molecule is Cc1cccc(-n2ccn3c(=O)n(CC4CC4)nc3c2=O)c1C. The molecule has 0 atom stereocenters. The van der Waals surface area contributed by atoms with Crippen molar-refractivity contribution in [2.24, 2.45) is 5.92 Å². The van der Waals surface area contributed by atoms with Gasteiger partial charge in [-0.1, -0.05) is 12.1 Å². The Morgan fingerprint density at radius 1 is 1.17 bits per heavy atom. The molecule has 2 aromatic heterocycles. The summed E-state index contributed by atoms with van der Waals surface area (Å²) in [5, 5.41) is 4.26.